The van der Waals surface area contributed by atoms with E-state index in [1.165, 1.54) is 17.4 Å². The summed E-state index contributed by atoms with van der Waals surface area (Å²) in [6.45, 7) is 2.28. The predicted octanol–water partition coefficient (Wildman–Crippen LogP) is 4.14. The maximum atomic E-state index is 13.3. The van der Waals surface area contributed by atoms with Gasteiger partial charge in [-0.1, -0.05) is 0 Å². The zero-order valence-corrected chi connectivity index (χ0v) is 15.0. The fourth-order valence-corrected chi connectivity index (χ4v) is 3.04. The maximum Gasteiger partial charge on any atom is 0.243 e. The van der Waals surface area contributed by atoms with Crippen LogP contribution in [0.4, 0.5) is 13.9 Å². The van der Waals surface area contributed by atoms with Crippen molar-refractivity contribution in [3.05, 3.63) is 59.4 Å². The molecule has 0 aliphatic heterocycles. The molecule has 8 heteroatoms. The molecule has 0 aliphatic carbocycles. The monoisotopic (exact) mass is 377 g/mol. The first-order valence-corrected chi connectivity index (χ1v) is 8.76. The van der Waals surface area contributed by atoms with Crippen molar-refractivity contribution < 1.29 is 18.0 Å². The minimum absolute atomic E-state index is 0.217. The highest BCUT2D eigenvalue weighted by molar-refractivity contribution is 7.14. The summed E-state index contributed by atoms with van der Waals surface area (Å²) in [6, 6.07) is 6.80. The predicted molar refractivity (Wildman–Crippen MR) is 95.7 cm³/mol. The molecule has 136 valence electrons. The SMILES string of the molecule is CC(C(=O)Nc1nc(-c2ccc(F)c(F)c2)cs1)N(C)Cc1ccco1. The number of hydrogen-bond donors (Lipinski definition) is 1. The van der Waals surface area contributed by atoms with Gasteiger partial charge < -0.3 is 9.73 Å². The summed E-state index contributed by atoms with van der Waals surface area (Å²) in [5.74, 6) is -1.30. The van der Waals surface area contributed by atoms with Gasteiger partial charge in [-0.25, -0.2) is 13.8 Å². The Morgan fingerprint density at radius 3 is 2.85 bits per heavy atom. The first kappa shape index (κ1) is 18.2. The van der Waals surface area contributed by atoms with E-state index in [-0.39, 0.29) is 5.91 Å². The van der Waals surface area contributed by atoms with Crippen LogP contribution >= 0.6 is 11.3 Å². The molecule has 2 aromatic heterocycles. The number of amides is 1. The molecule has 0 saturated heterocycles. The molecule has 3 rings (SSSR count). The van der Waals surface area contributed by atoms with E-state index in [4.69, 9.17) is 4.42 Å². The summed E-state index contributed by atoms with van der Waals surface area (Å²) in [7, 11) is 1.82. The number of benzene rings is 1. The van der Waals surface area contributed by atoms with Crippen LogP contribution in [0.5, 0.6) is 0 Å². The minimum atomic E-state index is -0.936. The standard InChI is InChI=1S/C18H17F2N3O2S/c1-11(23(2)9-13-4-3-7-25-13)17(24)22-18-21-16(10-26-18)12-5-6-14(19)15(20)8-12/h3-8,10-11H,9H2,1-2H3,(H,21,22,24). The Hall–Kier alpha value is -2.58. The number of aromatic nitrogens is 1. The molecule has 2 heterocycles. The van der Waals surface area contributed by atoms with Gasteiger partial charge in [0.25, 0.3) is 0 Å². The molecule has 0 spiro atoms. The zero-order valence-electron chi connectivity index (χ0n) is 14.2. The van der Waals surface area contributed by atoms with Crippen molar-refractivity contribution in [2.24, 2.45) is 0 Å². The van der Waals surface area contributed by atoms with Gasteiger partial charge >= 0.3 is 0 Å². The Labute approximate surface area is 153 Å². The third kappa shape index (κ3) is 4.14. The molecule has 0 radical (unpaired) electrons. The van der Waals surface area contributed by atoms with Crippen LogP contribution in [0.2, 0.25) is 0 Å². The molecule has 0 fully saturated rings. The quantitative estimate of drug-likeness (QED) is 0.701. The van der Waals surface area contributed by atoms with Crippen LogP contribution in [0.3, 0.4) is 0 Å². The number of nitrogens with one attached hydrogen (secondary N) is 1. The Balaban J connectivity index is 1.64. The lowest BCUT2D eigenvalue weighted by atomic mass is 10.2. The number of furan rings is 1. The number of thiazole rings is 1. The number of rotatable bonds is 6. The number of carbonyl (C=O) groups is 1. The van der Waals surface area contributed by atoms with E-state index in [0.29, 0.717) is 22.9 Å². The van der Waals surface area contributed by atoms with Crippen LogP contribution in [-0.2, 0) is 11.3 Å². The summed E-state index contributed by atoms with van der Waals surface area (Å²) in [4.78, 5) is 18.5. The average Bonchev–Trinajstić information content (AvgIpc) is 3.28. The second-order valence-electron chi connectivity index (χ2n) is 5.83. The van der Waals surface area contributed by atoms with Crippen molar-refractivity contribution >= 4 is 22.4 Å². The lowest BCUT2D eigenvalue weighted by Crippen LogP contribution is -2.39. The number of halogens is 2. The summed E-state index contributed by atoms with van der Waals surface area (Å²) in [5, 5.41) is 4.82. The van der Waals surface area contributed by atoms with Crippen LogP contribution in [0.25, 0.3) is 11.3 Å². The molecule has 1 atom stereocenters. The van der Waals surface area contributed by atoms with Crippen molar-refractivity contribution in [1.82, 2.24) is 9.88 Å². The molecular weight excluding hydrogens is 360 g/mol. The molecule has 26 heavy (non-hydrogen) atoms. The summed E-state index contributed by atoms with van der Waals surface area (Å²) in [6.07, 6.45) is 1.59. The number of likely N-dealkylation sites (N-methyl/N-ethyl adjacent to an activating group) is 1. The van der Waals surface area contributed by atoms with Gasteiger partial charge in [0.05, 0.1) is 24.5 Å². The highest BCUT2D eigenvalue weighted by Gasteiger charge is 2.20. The zero-order chi connectivity index (χ0) is 18.7. The summed E-state index contributed by atoms with van der Waals surface area (Å²) in [5.41, 5.74) is 0.921. The fourth-order valence-electron chi connectivity index (χ4n) is 2.31. The first-order valence-electron chi connectivity index (χ1n) is 7.88. The van der Waals surface area contributed by atoms with Crippen molar-refractivity contribution in [2.45, 2.75) is 19.5 Å². The van der Waals surface area contributed by atoms with Crippen LogP contribution in [0.1, 0.15) is 12.7 Å². The van der Waals surface area contributed by atoms with E-state index >= 15 is 0 Å². The molecule has 0 bridgehead atoms. The average molecular weight is 377 g/mol. The van der Waals surface area contributed by atoms with Crippen molar-refractivity contribution in [1.29, 1.82) is 0 Å². The van der Waals surface area contributed by atoms with Gasteiger partial charge in [-0.15, -0.1) is 11.3 Å². The normalized spacial score (nSPS) is 12.3. The van der Waals surface area contributed by atoms with Gasteiger partial charge in [-0.05, 0) is 44.3 Å². The van der Waals surface area contributed by atoms with Gasteiger partial charge in [-0.3, -0.25) is 9.69 Å². The molecule has 5 nitrogen and oxygen atoms in total. The van der Waals surface area contributed by atoms with E-state index in [1.54, 1.807) is 24.6 Å². The van der Waals surface area contributed by atoms with Crippen molar-refractivity contribution in [2.75, 3.05) is 12.4 Å². The van der Waals surface area contributed by atoms with E-state index < -0.39 is 17.7 Å². The van der Waals surface area contributed by atoms with Gasteiger partial charge in [-0.2, -0.15) is 0 Å². The highest BCUT2D eigenvalue weighted by Crippen LogP contribution is 2.26. The molecule has 1 unspecified atom stereocenters. The maximum absolute atomic E-state index is 13.3. The van der Waals surface area contributed by atoms with Crippen molar-refractivity contribution in [3.63, 3.8) is 0 Å². The number of anilines is 1. The Bertz CT molecular complexity index is 896. The van der Waals surface area contributed by atoms with Gasteiger partial charge in [0.1, 0.15) is 5.76 Å². The molecule has 1 N–H and O–H groups in total. The second-order valence-corrected chi connectivity index (χ2v) is 6.68. The van der Waals surface area contributed by atoms with Crippen molar-refractivity contribution in [3.8, 4) is 11.3 Å². The number of nitrogens with zero attached hydrogens (tertiary/aromatic N) is 2. The third-order valence-electron chi connectivity index (χ3n) is 3.98. The second kappa shape index (κ2) is 7.76. The Kier molecular flexibility index (Phi) is 5.43. The van der Waals surface area contributed by atoms with Gasteiger partial charge in [0.2, 0.25) is 5.91 Å². The molecule has 0 saturated carbocycles. The lowest BCUT2D eigenvalue weighted by Gasteiger charge is -2.22. The van der Waals surface area contributed by atoms with E-state index in [1.807, 2.05) is 18.0 Å². The van der Waals surface area contributed by atoms with E-state index in [0.717, 1.165) is 17.9 Å². The van der Waals surface area contributed by atoms with Crippen LogP contribution in [-0.4, -0.2) is 28.9 Å². The van der Waals surface area contributed by atoms with Gasteiger partial charge in [0.15, 0.2) is 16.8 Å². The van der Waals surface area contributed by atoms with Crippen LogP contribution in [0.15, 0.2) is 46.4 Å². The summed E-state index contributed by atoms with van der Waals surface area (Å²) < 4.78 is 31.7. The largest absolute Gasteiger partial charge is 0.468 e. The van der Waals surface area contributed by atoms with Crippen LogP contribution < -0.4 is 5.32 Å². The Morgan fingerprint density at radius 2 is 2.15 bits per heavy atom. The minimum Gasteiger partial charge on any atom is -0.468 e. The third-order valence-corrected chi connectivity index (χ3v) is 4.73. The first-order chi connectivity index (χ1) is 12.4. The fraction of sp³-hybridized carbons (Fsp3) is 0.222. The van der Waals surface area contributed by atoms with E-state index in [9.17, 15) is 13.6 Å². The molecule has 1 amide bonds. The number of carbonyl (C=O) groups excluding carboxylic acids is 1. The van der Waals surface area contributed by atoms with Crippen LogP contribution in [0, 0.1) is 11.6 Å². The highest BCUT2D eigenvalue weighted by atomic mass is 32.1. The van der Waals surface area contributed by atoms with E-state index in [2.05, 4.69) is 10.3 Å². The number of hydrogen-bond acceptors (Lipinski definition) is 5. The van der Waals surface area contributed by atoms with Gasteiger partial charge in [0, 0.05) is 10.9 Å². The topological polar surface area (TPSA) is 58.4 Å². The molecular formula is C18H17F2N3O2S. The lowest BCUT2D eigenvalue weighted by molar-refractivity contribution is -0.120. The summed E-state index contributed by atoms with van der Waals surface area (Å²) >= 11 is 1.22. The smallest absolute Gasteiger partial charge is 0.243 e. The molecule has 0 aliphatic rings. The molecule has 3 aromatic rings. The Morgan fingerprint density at radius 1 is 1.35 bits per heavy atom. The molecule has 1 aromatic carbocycles.